The second-order valence-corrected chi connectivity index (χ2v) is 8.28. The number of hydrogen-bond donors (Lipinski definition) is 3. The number of carbonyl (C=O) groups is 1. The minimum absolute atomic E-state index is 0.368. The first-order valence-corrected chi connectivity index (χ1v) is 11.0. The molecule has 0 spiro atoms. The SMILES string of the molecule is CC(C)Cc1cc(-c2ccc(OCCNC[C@H](O)c3ccccc3)cc2)ccc1C(=O)O. The van der Waals surface area contributed by atoms with Gasteiger partial charge in [-0.3, -0.25) is 0 Å². The Morgan fingerprint density at radius 2 is 1.66 bits per heavy atom. The van der Waals surface area contributed by atoms with Crippen molar-refractivity contribution >= 4 is 5.97 Å². The molecule has 0 heterocycles. The normalized spacial score (nSPS) is 12.0. The maximum Gasteiger partial charge on any atom is 0.335 e. The second kappa shape index (κ2) is 11.5. The highest BCUT2D eigenvalue weighted by atomic mass is 16.5. The summed E-state index contributed by atoms with van der Waals surface area (Å²) in [5.74, 6) is 0.256. The van der Waals surface area contributed by atoms with Crippen molar-refractivity contribution in [2.75, 3.05) is 19.7 Å². The van der Waals surface area contributed by atoms with E-state index in [0.717, 1.165) is 34.4 Å². The summed E-state index contributed by atoms with van der Waals surface area (Å²) in [5.41, 5.74) is 4.13. The summed E-state index contributed by atoms with van der Waals surface area (Å²) in [6.07, 6.45) is 0.186. The quantitative estimate of drug-likeness (QED) is 0.373. The lowest BCUT2D eigenvalue weighted by Crippen LogP contribution is -2.26. The molecule has 3 N–H and O–H groups in total. The number of aromatic carboxylic acids is 1. The minimum Gasteiger partial charge on any atom is -0.492 e. The van der Waals surface area contributed by atoms with Gasteiger partial charge in [-0.2, -0.15) is 0 Å². The van der Waals surface area contributed by atoms with E-state index < -0.39 is 12.1 Å². The van der Waals surface area contributed by atoms with Crippen LogP contribution < -0.4 is 10.1 Å². The van der Waals surface area contributed by atoms with Gasteiger partial charge in [-0.1, -0.05) is 68.4 Å². The molecule has 168 valence electrons. The number of carboxylic acid groups (broad SMARTS) is 1. The largest absolute Gasteiger partial charge is 0.492 e. The Morgan fingerprint density at radius 3 is 2.31 bits per heavy atom. The van der Waals surface area contributed by atoms with Crippen molar-refractivity contribution < 1.29 is 19.7 Å². The lowest BCUT2D eigenvalue weighted by Gasteiger charge is -2.13. The molecule has 0 aromatic heterocycles. The molecule has 3 aromatic carbocycles. The van der Waals surface area contributed by atoms with Crippen molar-refractivity contribution in [3.8, 4) is 16.9 Å². The molecule has 0 amide bonds. The fourth-order valence-corrected chi connectivity index (χ4v) is 3.61. The van der Waals surface area contributed by atoms with E-state index in [9.17, 15) is 15.0 Å². The van der Waals surface area contributed by atoms with Gasteiger partial charge in [-0.15, -0.1) is 0 Å². The van der Waals surface area contributed by atoms with Gasteiger partial charge in [-0.05, 0) is 52.8 Å². The number of aliphatic hydroxyl groups is 1. The van der Waals surface area contributed by atoms with E-state index in [1.807, 2.05) is 66.7 Å². The molecule has 0 saturated heterocycles. The predicted molar refractivity (Wildman–Crippen MR) is 127 cm³/mol. The zero-order valence-corrected chi connectivity index (χ0v) is 18.6. The molecular formula is C27H31NO4. The van der Waals surface area contributed by atoms with Crippen LogP contribution in [0.4, 0.5) is 0 Å². The Balaban J connectivity index is 1.52. The summed E-state index contributed by atoms with van der Waals surface area (Å²) in [5, 5.41) is 22.8. The molecule has 0 aliphatic rings. The third-order valence-electron chi connectivity index (χ3n) is 5.22. The molecule has 0 radical (unpaired) electrons. The van der Waals surface area contributed by atoms with Gasteiger partial charge in [0, 0.05) is 13.1 Å². The van der Waals surface area contributed by atoms with Crippen molar-refractivity contribution in [3.63, 3.8) is 0 Å². The highest BCUT2D eigenvalue weighted by Crippen LogP contribution is 2.26. The molecule has 0 unspecified atom stereocenters. The zero-order chi connectivity index (χ0) is 22.9. The first kappa shape index (κ1) is 23.5. The molecule has 0 bridgehead atoms. The lowest BCUT2D eigenvalue weighted by atomic mass is 9.93. The maximum absolute atomic E-state index is 11.5. The Bertz CT molecular complexity index is 1000. The molecule has 1 atom stereocenters. The predicted octanol–water partition coefficient (Wildman–Crippen LogP) is 4.95. The van der Waals surface area contributed by atoms with Crippen LogP contribution in [-0.2, 0) is 6.42 Å². The molecule has 5 heteroatoms. The first-order valence-electron chi connectivity index (χ1n) is 11.0. The van der Waals surface area contributed by atoms with Crippen molar-refractivity contribution in [1.82, 2.24) is 5.32 Å². The van der Waals surface area contributed by atoms with Gasteiger partial charge in [-0.25, -0.2) is 4.79 Å². The van der Waals surface area contributed by atoms with Gasteiger partial charge in [0.25, 0.3) is 0 Å². The Hall–Kier alpha value is -3.15. The summed E-state index contributed by atoms with van der Waals surface area (Å²) in [6.45, 7) is 5.76. The Morgan fingerprint density at radius 1 is 0.969 bits per heavy atom. The summed E-state index contributed by atoms with van der Waals surface area (Å²) < 4.78 is 5.79. The number of aliphatic hydroxyl groups excluding tert-OH is 1. The molecule has 3 aromatic rings. The first-order chi connectivity index (χ1) is 15.4. The van der Waals surface area contributed by atoms with E-state index in [1.54, 1.807) is 6.07 Å². The molecule has 0 aliphatic carbocycles. The molecule has 32 heavy (non-hydrogen) atoms. The smallest absolute Gasteiger partial charge is 0.335 e. The fraction of sp³-hybridized carbons (Fsp3) is 0.296. The van der Waals surface area contributed by atoms with Crippen LogP contribution in [0.15, 0.2) is 72.8 Å². The van der Waals surface area contributed by atoms with Crippen LogP contribution in [0.1, 0.15) is 41.4 Å². The number of benzene rings is 3. The third-order valence-corrected chi connectivity index (χ3v) is 5.22. The van der Waals surface area contributed by atoms with Gasteiger partial charge in [0.1, 0.15) is 12.4 Å². The summed E-state index contributed by atoms with van der Waals surface area (Å²) >= 11 is 0. The fourth-order valence-electron chi connectivity index (χ4n) is 3.61. The number of nitrogens with one attached hydrogen (secondary N) is 1. The van der Waals surface area contributed by atoms with Crippen LogP contribution in [-0.4, -0.2) is 35.9 Å². The molecule has 0 saturated carbocycles. The van der Waals surface area contributed by atoms with Crippen LogP contribution in [0.3, 0.4) is 0 Å². The molecule has 0 aliphatic heterocycles. The lowest BCUT2D eigenvalue weighted by molar-refractivity contribution is 0.0695. The Kier molecular flexibility index (Phi) is 8.42. The Labute approximate surface area is 189 Å². The highest BCUT2D eigenvalue weighted by Gasteiger charge is 2.13. The number of hydrogen-bond acceptors (Lipinski definition) is 4. The van der Waals surface area contributed by atoms with Gasteiger partial charge in [0.2, 0.25) is 0 Å². The van der Waals surface area contributed by atoms with Gasteiger partial charge < -0.3 is 20.3 Å². The number of rotatable bonds is 11. The average molecular weight is 434 g/mol. The second-order valence-electron chi connectivity index (χ2n) is 8.28. The monoisotopic (exact) mass is 433 g/mol. The molecule has 3 rings (SSSR count). The molecule has 5 nitrogen and oxygen atoms in total. The van der Waals surface area contributed by atoms with E-state index in [2.05, 4.69) is 19.2 Å². The summed E-state index contributed by atoms with van der Waals surface area (Å²) in [7, 11) is 0. The van der Waals surface area contributed by atoms with Crippen molar-refractivity contribution in [2.24, 2.45) is 5.92 Å². The number of carboxylic acids is 1. The minimum atomic E-state index is -0.888. The van der Waals surface area contributed by atoms with Gasteiger partial charge in [0.15, 0.2) is 0 Å². The maximum atomic E-state index is 11.5. The van der Waals surface area contributed by atoms with Crippen LogP contribution in [0.5, 0.6) is 5.75 Å². The van der Waals surface area contributed by atoms with Crippen LogP contribution in [0, 0.1) is 5.92 Å². The summed E-state index contributed by atoms with van der Waals surface area (Å²) in [4.78, 5) is 11.5. The zero-order valence-electron chi connectivity index (χ0n) is 18.6. The van der Waals surface area contributed by atoms with Crippen LogP contribution in [0.2, 0.25) is 0 Å². The van der Waals surface area contributed by atoms with Crippen molar-refractivity contribution in [3.05, 3.63) is 89.5 Å². The molecule has 0 fully saturated rings. The number of ether oxygens (including phenoxy) is 1. The van der Waals surface area contributed by atoms with E-state index in [1.165, 1.54) is 0 Å². The standard InChI is InChI=1S/C27H31NO4/c1-19(2)16-23-17-22(10-13-25(23)27(30)31)20-8-11-24(12-9-20)32-15-14-28-18-26(29)21-6-4-3-5-7-21/h3-13,17,19,26,28-29H,14-16,18H2,1-2H3,(H,30,31)/t26-/m0/s1. The van der Waals surface area contributed by atoms with E-state index in [0.29, 0.717) is 31.2 Å². The van der Waals surface area contributed by atoms with Gasteiger partial charge in [0.05, 0.1) is 11.7 Å². The third kappa shape index (κ3) is 6.67. The summed E-state index contributed by atoms with van der Waals surface area (Å²) in [6, 6.07) is 22.9. The van der Waals surface area contributed by atoms with Gasteiger partial charge >= 0.3 is 5.97 Å². The topological polar surface area (TPSA) is 78.8 Å². The van der Waals surface area contributed by atoms with E-state index in [-0.39, 0.29) is 0 Å². The molecular weight excluding hydrogens is 402 g/mol. The van der Waals surface area contributed by atoms with Crippen LogP contribution in [0.25, 0.3) is 11.1 Å². The van der Waals surface area contributed by atoms with E-state index >= 15 is 0 Å². The highest BCUT2D eigenvalue weighted by molar-refractivity contribution is 5.90. The van der Waals surface area contributed by atoms with Crippen LogP contribution >= 0.6 is 0 Å². The van der Waals surface area contributed by atoms with Crippen molar-refractivity contribution in [2.45, 2.75) is 26.4 Å². The van der Waals surface area contributed by atoms with Crippen molar-refractivity contribution in [1.29, 1.82) is 0 Å². The average Bonchev–Trinajstić information content (AvgIpc) is 2.79. The van der Waals surface area contributed by atoms with E-state index in [4.69, 9.17) is 4.74 Å².